The highest BCUT2D eigenvalue weighted by molar-refractivity contribution is 7.89. The molecule has 0 saturated carbocycles. The Morgan fingerprint density at radius 3 is 2.61 bits per heavy atom. The van der Waals surface area contributed by atoms with Crippen LogP contribution in [0.2, 0.25) is 0 Å². The lowest BCUT2D eigenvalue weighted by Crippen LogP contribution is -2.33. The molecule has 0 aliphatic rings. The Hall–Kier alpha value is -1.11. The van der Waals surface area contributed by atoms with Gasteiger partial charge in [0.1, 0.15) is 4.90 Å². The minimum atomic E-state index is -3.50. The summed E-state index contributed by atoms with van der Waals surface area (Å²) >= 11 is 0. The molecular weight excluding hydrogens is 252 g/mol. The molecule has 0 fully saturated rings. The van der Waals surface area contributed by atoms with Gasteiger partial charge in [0.25, 0.3) is 0 Å². The van der Waals surface area contributed by atoms with E-state index in [0.717, 1.165) is 0 Å². The third kappa shape index (κ3) is 3.97. The van der Waals surface area contributed by atoms with Crippen molar-refractivity contribution in [2.24, 2.45) is 0 Å². The highest BCUT2D eigenvalue weighted by Gasteiger charge is 2.19. The van der Waals surface area contributed by atoms with Crippen LogP contribution in [-0.4, -0.2) is 35.2 Å². The number of ether oxygens (including phenoxy) is 1. The molecule has 0 amide bonds. The fourth-order valence-corrected chi connectivity index (χ4v) is 3.08. The summed E-state index contributed by atoms with van der Waals surface area (Å²) in [6, 6.07) is 6.64. The van der Waals surface area contributed by atoms with Crippen molar-refractivity contribution in [1.82, 2.24) is 4.72 Å². The van der Waals surface area contributed by atoms with Gasteiger partial charge in [0, 0.05) is 26.8 Å². The van der Waals surface area contributed by atoms with Gasteiger partial charge in [-0.25, -0.2) is 13.1 Å². The van der Waals surface area contributed by atoms with Crippen molar-refractivity contribution in [3.05, 3.63) is 24.3 Å². The highest BCUT2D eigenvalue weighted by Crippen LogP contribution is 2.20. The van der Waals surface area contributed by atoms with Crippen molar-refractivity contribution in [2.75, 3.05) is 26.1 Å². The van der Waals surface area contributed by atoms with Gasteiger partial charge in [-0.1, -0.05) is 12.1 Å². The maximum atomic E-state index is 12.2. The first-order chi connectivity index (χ1) is 8.51. The summed E-state index contributed by atoms with van der Waals surface area (Å²) in [6.45, 7) is 2.34. The van der Waals surface area contributed by atoms with Gasteiger partial charge in [-0.3, -0.25) is 0 Å². The quantitative estimate of drug-likeness (QED) is 0.788. The topological polar surface area (TPSA) is 67.4 Å². The zero-order valence-corrected chi connectivity index (χ0v) is 11.8. The number of benzene rings is 1. The third-order valence-corrected chi connectivity index (χ3v) is 4.20. The lowest BCUT2D eigenvalue weighted by Gasteiger charge is -2.15. The minimum absolute atomic E-state index is 0.167. The lowest BCUT2D eigenvalue weighted by molar-refractivity contribution is 0.188. The molecule has 2 N–H and O–H groups in total. The van der Waals surface area contributed by atoms with Crippen LogP contribution in [0, 0.1) is 0 Å². The monoisotopic (exact) mass is 272 g/mol. The molecule has 0 aromatic heterocycles. The van der Waals surface area contributed by atoms with Gasteiger partial charge in [-0.05, 0) is 25.5 Å². The molecule has 1 aromatic rings. The molecule has 0 aliphatic heterocycles. The van der Waals surface area contributed by atoms with Crippen LogP contribution in [-0.2, 0) is 14.8 Å². The second kappa shape index (κ2) is 6.72. The molecule has 1 aromatic carbocycles. The molecule has 18 heavy (non-hydrogen) atoms. The summed E-state index contributed by atoms with van der Waals surface area (Å²) < 4.78 is 32.0. The van der Waals surface area contributed by atoms with E-state index >= 15 is 0 Å². The maximum Gasteiger partial charge on any atom is 0.242 e. The molecule has 0 heterocycles. The molecular formula is C12H20N2O3S. The van der Waals surface area contributed by atoms with Gasteiger partial charge in [-0.2, -0.15) is 0 Å². The summed E-state index contributed by atoms with van der Waals surface area (Å²) in [5, 5.41) is 2.87. The van der Waals surface area contributed by atoms with Crippen LogP contribution < -0.4 is 10.0 Å². The number of methoxy groups -OCH3 is 1. The molecule has 1 unspecified atom stereocenters. The van der Waals surface area contributed by atoms with Crippen LogP contribution in [0.3, 0.4) is 0 Å². The van der Waals surface area contributed by atoms with Crippen molar-refractivity contribution >= 4 is 15.7 Å². The van der Waals surface area contributed by atoms with E-state index in [1.54, 1.807) is 38.4 Å². The summed E-state index contributed by atoms with van der Waals surface area (Å²) in [4.78, 5) is 0.261. The summed E-state index contributed by atoms with van der Waals surface area (Å²) in [5.41, 5.74) is 0.587. The molecule has 6 heteroatoms. The van der Waals surface area contributed by atoms with E-state index < -0.39 is 10.0 Å². The van der Waals surface area contributed by atoms with Crippen LogP contribution in [0.5, 0.6) is 0 Å². The predicted molar refractivity (Wildman–Crippen MR) is 72.3 cm³/mol. The Bertz CT molecular complexity index is 474. The summed E-state index contributed by atoms with van der Waals surface area (Å²) in [5.74, 6) is 0. The summed E-state index contributed by atoms with van der Waals surface area (Å²) in [7, 11) is -0.209. The van der Waals surface area contributed by atoms with Crippen LogP contribution in [0.15, 0.2) is 29.2 Å². The first-order valence-corrected chi connectivity index (χ1v) is 7.27. The van der Waals surface area contributed by atoms with Crippen molar-refractivity contribution in [2.45, 2.75) is 24.3 Å². The van der Waals surface area contributed by atoms with E-state index in [0.29, 0.717) is 18.7 Å². The number of sulfonamides is 1. The van der Waals surface area contributed by atoms with E-state index in [2.05, 4.69) is 10.0 Å². The van der Waals surface area contributed by atoms with Gasteiger partial charge in [0.15, 0.2) is 0 Å². The lowest BCUT2D eigenvalue weighted by atomic mass is 10.3. The summed E-state index contributed by atoms with van der Waals surface area (Å²) in [6.07, 6.45) is 0.636. The molecule has 102 valence electrons. The van der Waals surface area contributed by atoms with E-state index in [-0.39, 0.29) is 10.9 Å². The van der Waals surface area contributed by atoms with E-state index in [1.165, 1.54) is 0 Å². The molecule has 0 bridgehead atoms. The number of hydrogen-bond donors (Lipinski definition) is 2. The maximum absolute atomic E-state index is 12.2. The molecule has 0 aliphatic carbocycles. The van der Waals surface area contributed by atoms with E-state index in [4.69, 9.17) is 4.74 Å². The molecule has 5 nitrogen and oxygen atoms in total. The van der Waals surface area contributed by atoms with Crippen LogP contribution in [0.4, 0.5) is 5.69 Å². The second-order valence-electron chi connectivity index (χ2n) is 4.05. The van der Waals surface area contributed by atoms with E-state index in [9.17, 15) is 8.42 Å². The fourth-order valence-electron chi connectivity index (χ4n) is 1.59. The fraction of sp³-hybridized carbons (Fsp3) is 0.500. The molecule has 1 rings (SSSR count). The highest BCUT2D eigenvalue weighted by atomic mass is 32.2. The number of hydrogen-bond acceptors (Lipinski definition) is 4. The first kappa shape index (κ1) is 14.9. The van der Waals surface area contributed by atoms with Gasteiger partial charge in [-0.15, -0.1) is 0 Å². The molecule has 0 spiro atoms. The van der Waals surface area contributed by atoms with Gasteiger partial charge < -0.3 is 10.1 Å². The first-order valence-electron chi connectivity index (χ1n) is 5.79. The molecule has 1 atom stereocenters. The van der Waals surface area contributed by atoms with Crippen molar-refractivity contribution < 1.29 is 13.2 Å². The molecule has 0 radical (unpaired) electrons. The van der Waals surface area contributed by atoms with Crippen molar-refractivity contribution in [3.63, 3.8) is 0 Å². The standard InChI is InChI=1S/C12H20N2O3S/c1-10(8-9-17-3)14-18(15,16)12-7-5-4-6-11(12)13-2/h4-7,10,13-14H,8-9H2,1-3H3. The van der Waals surface area contributed by atoms with Gasteiger partial charge in [0.2, 0.25) is 10.0 Å². The van der Waals surface area contributed by atoms with Crippen LogP contribution in [0.25, 0.3) is 0 Å². The van der Waals surface area contributed by atoms with Crippen molar-refractivity contribution in [1.29, 1.82) is 0 Å². The number of nitrogens with one attached hydrogen (secondary N) is 2. The zero-order valence-electron chi connectivity index (χ0n) is 10.9. The Morgan fingerprint density at radius 1 is 1.33 bits per heavy atom. The normalized spacial score (nSPS) is 13.3. The van der Waals surface area contributed by atoms with Crippen molar-refractivity contribution in [3.8, 4) is 0 Å². The Kier molecular flexibility index (Phi) is 5.58. The Labute approximate surface area is 109 Å². The third-order valence-electron chi connectivity index (χ3n) is 2.56. The average Bonchev–Trinajstić information content (AvgIpc) is 2.35. The Balaban J connectivity index is 2.86. The minimum Gasteiger partial charge on any atom is -0.387 e. The number of rotatable bonds is 7. The van der Waals surface area contributed by atoms with E-state index in [1.807, 2.05) is 6.92 Å². The van der Waals surface area contributed by atoms with Crippen LogP contribution >= 0.6 is 0 Å². The predicted octanol–water partition coefficient (Wildman–Crippen LogP) is 1.43. The number of para-hydroxylation sites is 1. The molecule has 0 saturated heterocycles. The SMILES string of the molecule is CNc1ccccc1S(=O)(=O)NC(C)CCOC. The average molecular weight is 272 g/mol. The van der Waals surface area contributed by atoms with Gasteiger partial charge >= 0.3 is 0 Å². The Morgan fingerprint density at radius 2 is 2.00 bits per heavy atom. The van der Waals surface area contributed by atoms with Crippen LogP contribution in [0.1, 0.15) is 13.3 Å². The second-order valence-corrected chi connectivity index (χ2v) is 5.73. The van der Waals surface area contributed by atoms with Gasteiger partial charge in [0.05, 0.1) is 5.69 Å². The zero-order chi connectivity index (χ0) is 13.6. The number of anilines is 1. The largest absolute Gasteiger partial charge is 0.387 e. The smallest absolute Gasteiger partial charge is 0.242 e.